The van der Waals surface area contributed by atoms with E-state index in [4.69, 9.17) is 32.2 Å². The van der Waals surface area contributed by atoms with Crippen LogP contribution in [-0.2, 0) is 6.61 Å². The fourth-order valence-electron chi connectivity index (χ4n) is 1.75. The lowest BCUT2D eigenvalue weighted by atomic mass is 10.2. The first-order chi connectivity index (χ1) is 10.0. The smallest absolute Gasteiger partial charge is 0.161 e. The first-order valence-electron chi connectivity index (χ1n) is 6.10. The van der Waals surface area contributed by atoms with Crippen LogP contribution in [0.2, 0.25) is 5.02 Å². The van der Waals surface area contributed by atoms with Crippen LogP contribution < -0.4 is 15.2 Å². The summed E-state index contributed by atoms with van der Waals surface area (Å²) in [7, 11) is 1.50. The van der Waals surface area contributed by atoms with Gasteiger partial charge in [0.15, 0.2) is 11.5 Å². The van der Waals surface area contributed by atoms with Crippen molar-refractivity contribution < 1.29 is 13.9 Å². The SMILES string of the molecule is COc1cc(C(=N)N)ccc1OCc1ccc(F)cc1Cl. The quantitative estimate of drug-likeness (QED) is 0.657. The molecule has 0 aliphatic rings. The van der Waals surface area contributed by atoms with Crippen LogP contribution in [0.4, 0.5) is 4.39 Å². The molecule has 0 saturated heterocycles. The van der Waals surface area contributed by atoms with Crippen LogP contribution in [0.15, 0.2) is 36.4 Å². The van der Waals surface area contributed by atoms with Crippen LogP contribution in [0, 0.1) is 11.2 Å². The zero-order valence-electron chi connectivity index (χ0n) is 11.3. The Labute approximate surface area is 126 Å². The minimum Gasteiger partial charge on any atom is -0.493 e. The lowest BCUT2D eigenvalue weighted by molar-refractivity contribution is 0.284. The highest BCUT2D eigenvalue weighted by molar-refractivity contribution is 6.31. The normalized spacial score (nSPS) is 10.2. The van der Waals surface area contributed by atoms with Gasteiger partial charge >= 0.3 is 0 Å². The van der Waals surface area contributed by atoms with Gasteiger partial charge in [0.1, 0.15) is 18.3 Å². The van der Waals surface area contributed by atoms with Crippen LogP contribution in [0.25, 0.3) is 0 Å². The Morgan fingerprint density at radius 1 is 1.24 bits per heavy atom. The summed E-state index contributed by atoms with van der Waals surface area (Å²) in [5, 5.41) is 7.69. The monoisotopic (exact) mass is 308 g/mol. The van der Waals surface area contributed by atoms with Gasteiger partial charge in [0.05, 0.1) is 12.1 Å². The molecule has 4 nitrogen and oxygen atoms in total. The molecule has 0 aliphatic heterocycles. The Morgan fingerprint density at radius 3 is 2.62 bits per heavy atom. The second-order valence-corrected chi connectivity index (χ2v) is 4.71. The van der Waals surface area contributed by atoms with Gasteiger partial charge in [-0.15, -0.1) is 0 Å². The summed E-state index contributed by atoms with van der Waals surface area (Å²) in [6, 6.07) is 9.05. The number of amidine groups is 1. The van der Waals surface area contributed by atoms with Gasteiger partial charge in [-0.25, -0.2) is 4.39 Å². The minimum atomic E-state index is -0.396. The van der Waals surface area contributed by atoms with E-state index in [1.165, 1.54) is 19.2 Å². The van der Waals surface area contributed by atoms with Crippen LogP contribution in [-0.4, -0.2) is 12.9 Å². The summed E-state index contributed by atoms with van der Waals surface area (Å²) in [5.41, 5.74) is 6.62. The zero-order valence-corrected chi connectivity index (χ0v) is 12.1. The third kappa shape index (κ3) is 3.64. The molecule has 0 spiro atoms. The van der Waals surface area contributed by atoms with E-state index in [-0.39, 0.29) is 12.4 Å². The summed E-state index contributed by atoms with van der Waals surface area (Å²) in [6.07, 6.45) is 0. The van der Waals surface area contributed by atoms with Crippen molar-refractivity contribution >= 4 is 17.4 Å². The van der Waals surface area contributed by atoms with E-state index in [1.807, 2.05) is 0 Å². The lowest BCUT2D eigenvalue weighted by Crippen LogP contribution is -2.11. The first-order valence-corrected chi connectivity index (χ1v) is 6.48. The third-order valence-electron chi connectivity index (χ3n) is 2.87. The molecule has 21 heavy (non-hydrogen) atoms. The molecular weight excluding hydrogens is 295 g/mol. The number of hydrogen-bond donors (Lipinski definition) is 2. The molecule has 2 aromatic carbocycles. The molecule has 0 aliphatic carbocycles. The van der Waals surface area contributed by atoms with E-state index in [2.05, 4.69) is 0 Å². The number of nitrogens with two attached hydrogens (primary N) is 1. The molecule has 0 radical (unpaired) electrons. The molecule has 2 aromatic rings. The highest BCUT2D eigenvalue weighted by Gasteiger charge is 2.09. The summed E-state index contributed by atoms with van der Waals surface area (Å²) >= 11 is 5.94. The van der Waals surface area contributed by atoms with Crippen molar-refractivity contribution in [1.82, 2.24) is 0 Å². The number of ether oxygens (including phenoxy) is 2. The molecule has 0 heterocycles. The lowest BCUT2D eigenvalue weighted by Gasteiger charge is -2.12. The summed E-state index contributed by atoms with van der Waals surface area (Å²) in [6.45, 7) is 0.175. The van der Waals surface area contributed by atoms with Gasteiger partial charge in [-0.1, -0.05) is 17.7 Å². The molecule has 0 aromatic heterocycles. The van der Waals surface area contributed by atoms with Crippen molar-refractivity contribution in [2.45, 2.75) is 6.61 Å². The van der Waals surface area contributed by atoms with Crippen molar-refractivity contribution in [3.8, 4) is 11.5 Å². The van der Waals surface area contributed by atoms with E-state index in [0.29, 0.717) is 27.6 Å². The first kappa shape index (κ1) is 15.1. The average Bonchev–Trinajstić information content (AvgIpc) is 2.46. The average molecular weight is 309 g/mol. The van der Waals surface area contributed by atoms with Crippen LogP contribution in [0.1, 0.15) is 11.1 Å². The van der Waals surface area contributed by atoms with Crippen molar-refractivity contribution in [1.29, 1.82) is 5.41 Å². The topological polar surface area (TPSA) is 68.3 Å². The number of benzene rings is 2. The van der Waals surface area contributed by atoms with Gasteiger partial charge in [0.25, 0.3) is 0 Å². The Kier molecular flexibility index (Phi) is 4.65. The predicted octanol–water partition coefficient (Wildman–Crippen LogP) is 3.35. The van der Waals surface area contributed by atoms with E-state index in [0.717, 1.165) is 0 Å². The Morgan fingerprint density at radius 2 is 2.00 bits per heavy atom. The number of hydrogen-bond acceptors (Lipinski definition) is 3. The molecule has 110 valence electrons. The second kappa shape index (κ2) is 6.45. The Balaban J connectivity index is 2.17. The van der Waals surface area contributed by atoms with E-state index < -0.39 is 5.82 Å². The van der Waals surface area contributed by atoms with Crippen molar-refractivity contribution in [2.24, 2.45) is 5.73 Å². The van der Waals surface area contributed by atoms with Crippen molar-refractivity contribution in [2.75, 3.05) is 7.11 Å². The van der Waals surface area contributed by atoms with Crippen molar-refractivity contribution in [3.05, 3.63) is 58.4 Å². The standard InChI is InChI=1S/C15H14ClFN2O2/c1-20-14-6-9(15(18)19)3-5-13(14)21-8-10-2-4-11(17)7-12(10)16/h2-7H,8H2,1H3,(H3,18,19). The van der Waals surface area contributed by atoms with Gasteiger partial charge in [0.2, 0.25) is 0 Å². The maximum atomic E-state index is 13.0. The minimum absolute atomic E-state index is 0.0542. The fourth-order valence-corrected chi connectivity index (χ4v) is 1.97. The van der Waals surface area contributed by atoms with Crippen LogP contribution in [0.3, 0.4) is 0 Å². The zero-order chi connectivity index (χ0) is 15.4. The van der Waals surface area contributed by atoms with Crippen LogP contribution >= 0.6 is 11.6 Å². The molecule has 0 fully saturated rings. The van der Waals surface area contributed by atoms with Crippen molar-refractivity contribution in [3.63, 3.8) is 0 Å². The van der Waals surface area contributed by atoms with Gasteiger partial charge in [-0.05, 0) is 30.3 Å². The third-order valence-corrected chi connectivity index (χ3v) is 3.22. The van der Waals surface area contributed by atoms with Gasteiger partial charge < -0.3 is 15.2 Å². The largest absolute Gasteiger partial charge is 0.493 e. The summed E-state index contributed by atoms with van der Waals surface area (Å²) < 4.78 is 23.8. The summed E-state index contributed by atoms with van der Waals surface area (Å²) in [4.78, 5) is 0. The number of nitrogens with one attached hydrogen (secondary N) is 1. The molecule has 3 N–H and O–H groups in total. The number of methoxy groups -OCH3 is 1. The molecule has 0 atom stereocenters. The predicted molar refractivity (Wildman–Crippen MR) is 79.8 cm³/mol. The molecule has 0 bridgehead atoms. The molecule has 6 heteroatoms. The van der Waals surface area contributed by atoms with Gasteiger partial charge in [-0.3, -0.25) is 5.41 Å². The maximum Gasteiger partial charge on any atom is 0.161 e. The molecular formula is C15H14ClFN2O2. The van der Waals surface area contributed by atoms with Gasteiger partial charge in [0, 0.05) is 11.1 Å². The fraction of sp³-hybridized carbons (Fsp3) is 0.133. The molecule has 0 amide bonds. The summed E-state index contributed by atoms with van der Waals surface area (Å²) in [5.74, 6) is 0.498. The number of nitrogen functional groups attached to an aromatic ring is 1. The molecule has 0 unspecified atom stereocenters. The number of halogens is 2. The second-order valence-electron chi connectivity index (χ2n) is 4.30. The Bertz CT molecular complexity index is 677. The Hall–Kier alpha value is -2.27. The number of rotatable bonds is 5. The van der Waals surface area contributed by atoms with Crippen LogP contribution in [0.5, 0.6) is 11.5 Å². The van der Waals surface area contributed by atoms with E-state index >= 15 is 0 Å². The van der Waals surface area contributed by atoms with Gasteiger partial charge in [-0.2, -0.15) is 0 Å². The maximum absolute atomic E-state index is 13.0. The highest BCUT2D eigenvalue weighted by Crippen LogP contribution is 2.29. The highest BCUT2D eigenvalue weighted by atomic mass is 35.5. The molecule has 0 saturated carbocycles. The molecule has 2 rings (SSSR count). The van der Waals surface area contributed by atoms with E-state index in [1.54, 1.807) is 24.3 Å². The van der Waals surface area contributed by atoms with E-state index in [9.17, 15) is 4.39 Å².